The van der Waals surface area contributed by atoms with Crippen LogP contribution in [0, 0.1) is 0 Å². The zero-order chi connectivity index (χ0) is 25.2. The molecule has 2 fully saturated rings. The van der Waals surface area contributed by atoms with Crippen molar-refractivity contribution in [3.05, 3.63) is 108 Å². The third-order valence-corrected chi connectivity index (χ3v) is 7.94. The van der Waals surface area contributed by atoms with Crippen LogP contribution in [0.2, 0.25) is 0 Å². The van der Waals surface area contributed by atoms with E-state index in [2.05, 4.69) is 95.9 Å². The van der Waals surface area contributed by atoms with E-state index in [1.54, 1.807) is 0 Å². The molecule has 2 aliphatic heterocycles. The minimum absolute atomic E-state index is 0.159. The van der Waals surface area contributed by atoms with Crippen LogP contribution in [0.3, 0.4) is 0 Å². The SMILES string of the molecule is CC(C)(C)OC(=O)N1CCC[C@H]2[C@@H]1CC(c1ccccc1)[N+]2(Cc1ccccc1)Cc1ccccc1. The number of rotatable bonds is 5. The van der Waals surface area contributed by atoms with E-state index >= 15 is 0 Å². The highest BCUT2D eigenvalue weighted by Crippen LogP contribution is 2.51. The molecular formula is C32H39N2O2+. The molecule has 0 bridgehead atoms. The Bertz CT molecular complexity index is 1100. The number of hydrogen-bond donors (Lipinski definition) is 0. The van der Waals surface area contributed by atoms with E-state index in [0.717, 1.165) is 43.4 Å². The Morgan fingerprint density at radius 2 is 1.39 bits per heavy atom. The maximum atomic E-state index is 13.4. The number of carbonyl (C=O) groups excluding carboxylic acids is 1. The maximum Gasteiger partial charge on any atom is 0.410 e. The van der Waals surface area contributed by atoms with Crippen LogP contribution in [0.25, 0.3) is 0 Å². The molecule has 0 aliphatic carbocycles. The Hall–Kier alpha value is -3.11. The summed E-state index contributed by atoms with van der Waals surface area (Å²) >= 11 is 0. The number of carbonyl (C=O) groups is 1. The summed E-state index contributed by atoms with van der Waals surface area (Å²) in [7, 11) is 0. The molecule has 4 heteroatoms. The van der Waals surface area contributed by atoms with Crippen LogP contribution in [0.1, 0.15) is 62.8 Å². The third kappa shape index (κ3) is 5.05. The molecule has 36 heavy (non-hydrogen) atoms. The number of quaternary nitrogens is 1. The first-order valence-electron chi connectivity index (χ1n) is 13.3. The second-order valence-corrected chi connectivity index (χ2v) is 11.5. The van der Waals surface area contributed by atoms with Gasteiger partial charge in [0.1, 0.15) is 30.8 Å². The van der Waals surface area contributed by atoms with Crippen molar-refractivity contribution in [2.75, 3.05) is 6.54 Å². The predicted octanol–water partition coefficient (Wildman–Crippen LogP) is 7.12. The molecule has 3 atom stereocenters. The summed E-state index contributed by atoms with van der Waals surface area (Å²) in [5, 5.41) is 0. The Morgan fingerprint density at radius 1 is 0.861 bits per heavy atom. The van der Waals surface area contributed by atoms with E-state index in [-0.39, 0.29) is 12.1 Å². The van der Waals surface area contributed by atoms with E-state index in [1.807, 2.05) is 20.8 Å². The lowest BCUT2D eigenvalue weighted by molar-refractivity contribution is -0.992. The summed E-state index contributed by atoms with van der Waals surface area (Å²) in [6, 6.07) is 33.6. The van der Waals surface area contributed by atoms with Gasteiger partial charge in [0.25, 0.3) is 0 Å². The van der Waals surface area contributed by atoms with Crippen LogP contribution in [-0.2, 0) is 17.8 Å². The summed E-state index contributed by atoms with van der Waals surface area (Å²) in [6.07, 6.45) is 2.91. The standard InChI is InChI=1S/C32H39N2O2/c1-32(2,3)36-31(35)33-21-13-20-29-28(33)22-30(27-18-11-6-12-19-27)34(29,23-25-14-7-4-8-15-25)24-26-16-9-5-10-17-26/h4-12,14-19,28-30H,13,20-24H2,1-3H3/q+1/t28-,29-,30?/m0/s1. The van der Waals surface area contributed by atoms with Gasteiger partial charge in [-0.15, -0.1) is 0 Å². The second-order valence-electron chi connectivity index (χ2n) is 11.5. The number of hydrogen-bond acceptors (Lipinski definition) is 2. The van der Waals surface area contributed by atoms with Crippen LogP contribution in [-0.4, -0.2) is 39.7 Å². The minimum atomic E-state index is -0.499. The number of likely N-dealkylation sites (tertiary alicyclic amines) is 2. The van der Waals surface area contributed by atoms with Crippen molar-refractivity contribution in [1.82, 2.24) is 4.90 Å². The third-order valence-electron chi connectivity index (χ3n) is 7.94. The molecule has 0 aromatic heterocycles. The number of fused-ring (bicyclic) bond motifs is 1. The van der Waals surface area contributed by atoms with Gasteiger partial charge in [0, 0.05) is 36.1 Å². The van der Waals surface area contributed by atoms with Gasteiger partial charge >= 0.3 is 6.09 Å². The molecule has 4 nitrogen and oxygen atoms in total. The highest BCUT2D eigenvalue weighted by molar-refractivity contribution is 5.69. The molecule has 1 unspecified atom stereocenters. The average Bonchev–Trinajstić information content (AvgIpc) is 3.18. The fourth-order valence-electron chi connectivity index (χ4n) is 6.60. The van der Waals surface area contributed by atoms with Crippen molar-refractivity contribution in [2.45, 2.75) is 76.8 Å². The number of benzene rings is 3. The normalized spacial score (nSPS) is 23.2. The van der Waals surface area contributed by atoms with Crippen LogP contribution < -0.4 is 0 Å². The van der Waals surface area contributed by atoms with Crippen molar-refractivity contribution in [3.63, 3.8) is 0 Å². The van der Waals surface area contributed by atoms with Gasteiger partial charge in [0.05, 0.1) is 6.04 Å². The first-order chi connectivity index (χ1) is 17.4. The molecule has 1 amide bonds. The number of nitrogens with zero attached hydrogens (tertiary/aromatic N) is 2. The summed E-state index contributed by atoms with van der Waals surface area (Å²) in [5.41, 5.74) is 3.57. The molecule has 2 aliphatic rings. The van der Waals surface area contributed by atoms with E-state index in [9.17, 15) is 4.79 Å². The van der Waals surface area contributed by atoms with Gasteiger partial charge in [0.2, 0.25) is 0 Å². The Morgan fingerprint density at radius 3 is 1.92 bits per heavy atom. The average molecular weight is 484 g/mol. The van der Waals surface area contributed by atoms with Crippen molar-refractivity contribution >= 4 is 6.09 Å². The van der Waals surface area contributed by atoms with Crippen molar-refractivity contribution < 1.29 is 14.0 Å². The van der Waals surface area contributed by atoms with Crippen molar-refractivity contribution in [3.8, 4) is 0 Å². The fourth-order valence-corrected chi connectivity index (χ4v) is 6.60. The topological polar surface area (TPSA) is 29.5 Å². The van der Waals surface area contributed by atoms with E-state index < -0.39 is 5.60 Å². The molecule has 0 saturated carbocycles. The molecule has 0 N–H and O–H groups in total. The zero-order valence-corrected chi connectivity index (χ0v) is 21.8. The van der Waals surface area contributed by atoms with Crippen molar-refractivity contribution in [2.24, 2.45) is 0 Å². The second kappa shape index (κ2) is 10.1. The number of amides is 1. The van der Waals surface area contributed by atoms with Crippen LogP contribution in [0.4, 0.5) is 4.79 Å². The van der Waals surface area contributed by atoms with Crippen molar-refractivity contribution in [1.29, 1.82) is 0 Å². The van der Waals surface area contributed by atoms with E-state index in [1.165, 1.54) is 16.7 Å². The smallest absolute Gasteiger partial charge is 0.410 e. The molecular weight excluding hydrogens is 444 g/mol. The monoisotopic (exact) mass is 483 g/mol. The van der Waals surface area contributed by atoms with Gasteiger partial charge in [-0.2, -0.15) is 0 Å². The summed E-state index contributed by atoms with van der Waals surface area (Å²) in [5.74, 6) is 0. The van der Waals surface area contributed by atoms with Gasteiger partial charge in [-0.3, -0.25) is 4.90 Å². The molecule has 2 saturated heterocycles. The molecule has 0 spiro atoms. The first kappa shape index (κ1) is 24.6. The van der Waals surface area contributed by atoms with Gasteiger partial charge in [-0.1, -0.05) is 91.0 Å². The van der Waals surface area contributed by atoms with Crippen LogP contribution in [0.15, 0.2) is 91.0 Å². The lowest BCUT2D eigenvalue weighted by Gasteiger charge is -2.48. The van der Waals surface area contributed by atoms with Crippen LogP contribution >= 0.6 is 0 Å². The van der Waals surface area contributed by atoms with Gasteiger partial charge < -0.3 is 9.22 Å². The maximum absolute atomic E-state index is 13.4. The van der Waals surface area contributed by atoms with Gasteiger partial charge in [0.15, 0.2) is 0 Å². The predicted molar refractivity (Wildman–Crippen MR) is 144 cm³/mol. The summed E-state index contributed by atoms with van der Waals surface area (Å²) in [6.45, 7) is 8.53. The number of piperidine rings is 1. The Balaban J connectivity index is 1.61. The first-order valence-corrected chi connectivity index (χ1v) is 13.3. The fraction of sp³-hybridized carbons (Fsp3) is 0.406. The lowest BCUT2D eigenvalue weighted by Crippen LogP contribution is -2.59. The van der Waals surface area contributed by atoms with Crippen LogP contribution in [0.5, 0.6) is 0 Å². The Kier molecular flexibility index (Phi) is 6.90. The quantitative estimate of drug-likeness (QED) is 0.362. The molecule has 3 aromatic rings. The molecule has 5 rings (SSSR count). The van der Waals surface area contributed by atoms with E-state index in [4.69, 9.17) is 4.74 Å². The van der Waals surface area contributed by atoms with Gasteiger partial charge in [-0.25, -0.2) is 4.79 Å². The van der Waals surface area contributed by atoms with Gasteiger partial charge in [-0.05, 0) is 27.2 Å². The lowest BCUT2D eigenvalue weighted by atomic mass is 9.95. The zero-order valence-electron chi connectivity index (χ0n) is 21.8. The summed E-state index contributed by atoms with van der Waals surface area (Å²) in [4.78, 5) is 15.5. The molecule has 3 aromatic carbocycles. The molecule has 188 valence electrons. The van der Waals surface area contributed by atoms with E-state index in [0.29, 0.717) is 12.1 Å². The largest absolute Gasteiger partial charge is 0.444 e. The molecule has 0 radical (unpaired) electrons. The molecule has 2 heterocycles. The highest BCUT2D eigenvalue weighted by atomic mass is 16.6. The highest BCUT2D eigenvalue weighted by Gasteiger charge is 2.59. The summed E-state index contributed by atoms with van der Waals surface area (Å²) < 4.78 is 6.84. The minimum Gasteiger partial charge on any atom is -0.444 e. The Labute approximate surface area is 216 Å². The number of ether oxygens (including phenoxy) is 1.